The van der Waals surface area contributed by atoms with Gasteiger partial charge in [-0.2, -0.15) is 0 Å². The number of aliphatic hydroxyl groups is 1. The van der Waals surface area contributed by atoms with Crippen LogP contribution in [-0.4, -0.2) is 54.6 Å². The van der Waals surface area contributed by atoms with Crippen LogP contribution < -0.4 is 9.47 Å². The second-order valence-electron chi connectivity index (χ2n) is 6.80. The molecule has 1 aliphatic rings. The van der Waals surface area contributed by atoms with E-state index in [9.17, 15) is 5.11 Å². The van der Waals surface area contributed by atoms with E-state index < -0.39 is 6.10 Å². The van der Waals surface area contributed by atoms with Crippen molar-refractivity contribution < 1.29 is 19.3 Å². The SMILES string of the molecule is C[C@@H]1CN(C[C@H](O)COc2ccc(Oc3ccccc3)cc2)[C@H](C)CO1. The van der Waals surface area contributed by atoms with Crippen LogP contribution >= 0.6 is 0 Å². The molecule has 0 amide bonds. The average Bonchev–Trinajstić information content (AvgIpc) is 2.65. The number of benzene rings is 2. The van der Waals surface area contributed by atoms with E-state index in [4.69, 9.17) is 14.2 Å². The van der Waals surface area contributed by atoms with Gasteiger partial charge in [0.05, 0.1) is 12.7 Å². The minimum atomic E-state index is -0.539. The van der Waals surface area contributed by atoms with Crippen LogP contribution in [0, 0.1) is 0 Å². The first-order valence-electron chi connectivity index (χ1n) is 9.09. The molecule has 1 heterocycles. The van der Waals surface area contributed by atoms with Crippen LogP contribution in [0.4, 0.5) is 0 Å². The zero-order chi connectivity index (χ0) is 18.4. The summed E-state index contributed by atoms with van der Waals surface area (Å²) in [5, 5.41) is 10.3. The second kappa shape index (κ2) is 9.03. The van der Waals surface area contributed by atoms with Gasteiger partial charge in [0.1, 0.15) is 30.0 Å². The second-order valence-corrected chi connectivity index (χ2v) is 6.80. The number of para-hydroxylation sites is 1. The summed E-state index contributed by atoms with van der Waals surface area (Å²) < 4.78 is 17.1. The normalized spacial score (nSPS) is 22.0. The maximum Gasteiger partial charge on any atom is 0.127 e. The first kappa shape index (κ1) is 18.7. The molecule has 1 N–H and O–H groups in total. The van der Waals surface area contributed by atoms with Crippen molar-refractivity contribution in [1.29, 1.82) is 0 Å². The number of β-amino-alcohol motifs (C(OH)–C–C–N with tert-alkyl or cyclic N) is 1. The van der Waals surface area contributed by atoms with E-state index in [1.54, 1.807) is 0 Å². The van der Waals surface area contributed by atoms with Gasteiger partial charge in [0.2, 0.25) is 0 Å². The van der Waals surface area contributed by atoms with Gasteiger partial charge in [0, 0.05) is 19.1 Å². The third-order valence-corrected chi connectivity index (χ3v) is 4.43. The molecule has 0 radical (unpaired) electrons. The minimum absolute atomic E-state index is 0.205. The Hall–Kier alpha value is -2.08. The van der Waals surface area contributed by atoms with E-state index in [-0.39, 0.29) is 12.7 Å². The fourth-order valence-corrected chi connectivity index (χ4v) is 2.97. The van der Waals surface area contributed by atoms with Gasteiger partial charge in [-0.1, -0.05) is 18.2 Å². The first-order chi connectivity index (χ1) is 12.6. The average molecular weight is 357 g/mol. The van der Waals surface area contributed by atoms with Crippen LogP contribution in [0.5, 0.6) is 17.2 Å². The third kappa shape index (κ3) is 5.46. The molecule has 1 saturated heterocycles. The highest BCUT2D eigenvalue weighted by atomic mass is 16.5. The van der Waals surface area contributed by atoms with Crippen molar-refractivity contribution in [3.8, 4) is 17.2 Å². The van der Waals surface area contributed by atoms with Crippen LogP contribution in [0.1, 0.15) is 13.8 Å². The monoisotopic (exact) mass is 357 g/mol. The summed E-state index contributed by atoms with van der Waals surface area (Å²) in [6, 6.07) is 17.4. The molecule has 2 aromatic carbocycles. The fraction of sp³-hybridized carbons (Fsp3) is 0.429. The fourth-order valence-electron chi connectivity index (χ4n) is 2.97. The Morgan fingerprint density at radius 2 is 1.69 bits per heavy atom. The maximum atomic E-state index is 10.3. The van der Waals surface area contributed by atoms with Crippen LogP contribution in [0.2, 0.25) is 0 Å². The van der Waals surface area contributed by atoms with Gasteiger partial charge in [-0.15, -0.1) is 0 Å². The van der Waals surface area contributed by atoms with Gasteiger partial charge >= 0.3 is 0 Å². The molecule has 0 spiro atoms. The van der Waals surface area contributed by atoms with Gasteiger partial charge < -0.3 is 19.3 Å². The highest BCUT2D eigenvalue weighted by molar-refractivity contribution is 5.35. The summed E-state index contributed by atoms with van der Waals surface area (Å²) in [5.41, 5.74) is 0. The zero-order valence-electron chi connectivity index (χ0n) is 15.4. The van der Waals surface area contributed by atoms with E-state index in [1.165, 1.54) is 0 Å². The summed E-state index contributed by atoms with van der Waals surface area (Å²) in [7, 11) is 0. The van der Waals surface area contributed by atoms with Crippen LogP contribution in [0.15, 0.2) is 54.6 Å². The molecule has 1 aliphatic heterocycles. The molecule has 3 rings (SSSR count). The van der Waals surface area contributed by atoms with Crippen LogP contribution in [-0.2, 0) is 4.74 Å². The van der Waals surface area contributed by atoms with Gasteiger partial charge in [-0.05, 0) is 50.2 Å². The van der Waals surface area contributed by atoms with Crippen molar-refractivity contribution in [2.45, 2.75) is 32.1 Å². The number of hydrogen-bond donors (Lipinski definition) is 1. The topological polar surface area (TPSA) is 51.2 Å². The molecule has 5 heteroatoms. The van der Waals surface area contributed by atoms with Crippen molar-refractivity contribution in [3.05, 3.63) is 54.6 Å². The number of morpholine rings is 1. The zero-order valence-corrected chi connectivity index (χ0v) is 15.4. The molecule has 0 saturated carbocycles. The van der Waals surface area contributed by atoms with E-state index in [0.717, 1.165) is 18.0 Å². The lowest BCUT2D eigenvalue weighted by Crippen LogP contribution is -2.50. The lowest BCUT2D eigenvalue weighted by atomic mass is 10.2. The lowest BCUT2D eigenvalue weighted by molar-refractivity contribution is -0.0650. The Morgan fingerprint density at radius 1 is 1.04 bits per heavy atom. The lowest BCUT2D eigenvalue weighted by Gasteiger charge is -2.37. The van der Waals surface area contributed by atoms with Crippen molar-refractivity contribution in [3.63, 3.8) is 0 Å². The Morgan fingerprint density at radius 3 is 2.42 bits per heavy atom. The molecule has 26 heavy (non-hydrogen) atoms. The predicted molar refractivity (Wildman–Crippen MR) is 101 cm³/mol. The number of hydrogen-bond acceptors (Lipinski definition) is 5. The van der Waals surface area contributed by atoms with Gasteiger partial charge in [0.15, 0.2) is 0 Å². The number of rotatable bonds is 7. The third-order valence-electron chi connectivity index (χ3n) is 4.43. The van der Waals surface area contributed by atoms with E-state index in [1.807, 2.05) is 54.6 Å². The Bertz CT molecular complexity index is 661. The van der Waals surface area contributed by atoms with Crippen molar-refractivity contribution in [2.24, 2.45) is 0 Å². The van der Waals surface area contributed by atoms with E-state index in [2.05, 4.69) is 18.7 Å². The summed E-state index contributed by atoms with van der Waals surface area (Å²) in [4.78, 5) is 2.25. The molecule has 5 nitrogen and oxygen atoms in total. The van der Waals surface area contributed by atoms with Crippen molar-refractivity contribution in [1.82, 2.24) is 4.90 Å². The standard InChI is InChI=1S/C21H27NO4/c1-16-14-24-17(2)12-22(16)13-18(23)15-25-19-8-10-21(11-9-19)26-20-6-4-3-5-7-20/h3-11,16-18,23H,12-15H2,1-2H3/t16-,17-,18+/m1/s1. The Kier molecular flexibility index (Phi) is 6.50. The summed E-state index contributed by atoms with van der Waals surface area (Å²) in [5.74, 6) is 2.26. The number of aliphatic hydroxyl groups excluding tert-OH is 1. The molecule has 1 fully saturated rings. The number of ether oxygens (including phenoxy) is 3. The van der Waals surface area contributed by atoms with Gasteiger partial charge in [-0.3, -0.25) is 4.90 Å². The predicted octanol–water partition coefficient (Wildman–Crippen LogP) is 3.33. The molecule has 0 unspecified atom stereocenters. The molecule has 0 bridgehead atoms. The summed E-state index contributed by atoms with van der Waals surface area (Å²) in [6.07, 6.45) is -0.334. The quantitative estimate of drug-likeness (QED) is 0.824. The summed E-state index contributed by atoms with van der Waals surface area (Å²) >= 11 is 0. The van der Waals surface area contributed by atoms with Gasteiger partial charge in [-0.25, -0.2) is 0 Å². The maximum absolute atomic E-state index is 10.3. The van der Waals surface area contributed by atoms with Crippen LogP contribution in [0.3, 0.4) is 0 Å². The molecule has 0 aromatic heterocycles. The molecular formula is C21H27NO4. The van der Waals surface area contributed by atoms with E-state index >= 15 is 0 Å². The summed E-state index contributed by atoms with van der Waals surface area (Å²) in [6.45, 7) is 6.56. The first-order valence-corrected chi connectivity index (χ1v) is 9.09. The highest BCUT2D eigenvalue weighted by Gasteiger charge is 2.25. The number of nitrogens with zero attached hydrogens (tertiary/aromatic N) is 1. The largest absolute Gasteiger partial charge is 0.491 e. The van der Waals surface area contributed by atoms with Gasteiger partial charge in [0.25, 0.3) is 0 Å². The smallest absolute Gasteiger partial charge is 0.127 e. The molecule has 0 aliphatic carbocycles. The van der Waals surface area contributed by atoms with Crippen LogP contribution in [0.25, 0.3) is 0 Å². The molecule has 2 aromatic rings. The minimum Gasteiger partial charge on any atom is -0.491 e. The van der Waals surface area contributed by atoms with Crippen molar-refractivity contribution in [2.75, 3.05) is 26.3 Å². The Labute approximate surface area is 155 Å². The molecular weight excluding hydrogens is 330 g/mol. The Balaban J connectivity index is 1.45. The van der Waals surface area contributed by atoms with E-state index in [0.29, 0.717) is 24.9 Å². The molecule has 3 atom stereocenters. The van der Waals surface area contributed by atoms with Crippen molar-refractivity contribution >= 4 is 0 Å². The molecule has 140 valence electrons. The highest BCUT2D eigenvalue weighted by Crippen LogP contribution is 2.23.